The molecule has 0 spiro atoms. The number of pyridine rings is 1. The molecule has 2 amide bonds. The van der Waals surface area contributed by atoms with E-state index in [0.717, 1.165) is 73.1 Å². The van der Waals surface area contributed by atoms with Crippen LogP contribution in [0.25, 0.3) is 22.0 Å². The zero-order chi connectivity index (χ0) is 29.0. The summed E-state index contributed by atoms with van der Waals surface area (Å²) in [4.78, 5) is 56.5. The van der Waals surface area contributed by atoms with Crippen molar-refractivity contribution in [2.75, 3.05) is 34.8 Å². The summed E-state index contributed by atoms with van der Waals surface area (Å²) < 4.78 is 1.68. The first kappa shape index (κ1) is 26.5. The number of benzene rings is 1. The lowest BCUT2D eigenvalue weighted by atomic mass is 9.92. The van der Waals surface area contributed by atoms with Crippen LogP contribution in [0.3, 0.4) is 0 Å². The summed E-state index contributed by atoms with van der Waals surface area (Å²) in [6, 6.07) is 6.77. The van der Waals surface area contributed by atoms with E-state index in [0.29, 0.717) is 44.8 Å². The van der Waals surface area contributed by atoms with Gasteiger partial charge in [-0.15, -0.1) is 0 Å². The number of aldehydes is 1. The monoisotopic (exact) mass is 629 g/mol. The number of hydrogen-bond acceptors (Lipinski definition) is 9. The Balaban J connectivity index is 1.43. The van der Waals surface area contributed by atoms with Gasteiger partial charge in [-0.2, -0.15) is 9.78 Å². The van der Waals surface area contributed by atoms with Gasteiger partial charge in [-0.3, -0.25) is 10.1 Å². The number of nitrogens with zero attached hydrogens (tertiary/aromatic N) is 7. The minimum absolute atomic E-state index is 0.0176. The van der Waals surface area contributed by atoms with Crippen molar-refractivity contribution in [3.63, 3.8) is 0 Å². The number of hydrogen-bond donors (Lipinski definition) is 2. The molecule has 7 rings (SSSR count). The van der Waals surface area contributed by atoms with E-state index in [4.69, 9.17) is 5.73 Å². The van der Waals surface area contributed by atoms with Crippen LogP contribution in [-0.4, -0.2) is 68.6 Å². The van der Waals surface area contributed by atoms with Crippen LogP contribution >= 0.6 is 15.9 Å². The molecule has 12 nitrogen and oxygen atoms in total. The van der Waals surface area contributed by atoms with Crippen LogP contribution in [-0.2, 0) is 11.2 Å². The molecule has 2 saturated heterocycles. The number of aromatic nitrogens is 5. The van der Waals surface area contributed by atoms with Gasteiger partial charge in [0, 0.05) is 66.7 Å². The van der Waals surface area contributed by atoms with E-state index in [-0.39, 0.29) is 12.1 Å². The van der Waals surface area contributed by atoms with E-state index < -0.39 is 11.9 Å². The zero-order valence-electron chi connectivity index (χ0n) is 22.7. The molecule has 1 aliphatic carbocycles. The van der Waals surface area contributed by atoms with E-state index in [1.54, 1.807) is 30.6 Å². The Kier molecular flexibility index (Phi) is 6.60. The van der Waals surface area contributed by atoms with Crippen LogP contribution in [0.2, 0.25) is 0 Å². The fourth-order valence-corrected chi connectivity index (χ4v) is 6.71. The second-order valence-corrected chi connectivity index (χ2v) is 11.7. The van der Waals surface area contributed by atoms with Gasteiger partial charge in [-0.1, -0.05) is 6.07 Å². The molecule has 214 valence electrons. The Bertz CT molecular complexity index is 1730. The number of amides is 2. The Morgan fingerprint density at radius 3 is 2.57 bits per heavy atom. The van der Waals surface area contributed by atoms with Gasteiger partial charge in [-0.05, 0) is 71.3 Å². The average molecular weight is 631 g/mol. The maximum absolute atomic E-state index is 13.5. The van der Waals surface area contributed by atoms with Crippen molar-refractivity contribution in [2.45, 2.75) is 38.1 Å². The topological polar surface area (TPSA) is 152 Å². The molecule has 3 N–H and O–H groups in total. The number of carbonyl (C=O) groups is 3. The van der Waals surface area contributed by atoms with Gasteiger partial charge in [0.25, 0.3) is 5.91 Å². The van der Waals surface area contributed by atoms with Crippen molar-refractivity contribution in [3.8, 4) is 11.1 Å². The highest BCUT2D eigenvalue weighted by Gasteiger charge is 2.48. The molecule has 4 aromatic rings. The van der Waals surface area contributed by atoms with Gasteiger partial charge in [0.15, 0.2) is 5.69 Å². The Hall–Kier alpha value is -4.39. The standard InChI is InChI=1S/C29H28BrN9O3/c30-22-4-3-5-23(34-22)35-29(42)39-21-13-20(38-10-6-16-12-19(16)38)24(18(7-11-40)25(21)26(36-39)27(31)41)17-14-32-28(33-15-17)37-8-1-2-9-37/h3-5,11,13-16,19H,1-2,6-10,12H2,(H2,31,41)(H,34,35,42). The predicted molar refractivity (Wildman–Crippen MR) is 161 cm³/mol. The molecule has 13 heteroatoms. The molecular weight excluding hydrogens is 602 g/mol. The highest BCUT2D eigenvalue weighted by molar-refractivity contribution is 9.10. The van der Waals surface area contributed by atoms with Gasteiger partial charge in [-0.25, -0.2) is 19.7 Å². The lowest BCUT2D eigenvalue weighted by Crippen LogP contribution is -2.24. The number of fused-ring (bicyclic) bond motifs is 2. The number of halogens is 1. The van der Waals surface area contributed by atoms with Crippen LogP contribution in [0.5, 0.6) is 0 Å². The lowest BCUT2D eigenvalue weighted by Gasteiger charge is -2.26. The number of piperidine rings is 1. The van der Waals surface area contributed by atoms with Crippen LogP contribution in [0.15, 0.2) is 41.3 Å². The molecule has 42 heavy (non-hydrogen) atoms. The Morgan fingerprint density at radius 2 is 1.93 bits per heavy atom. The minimum atomic E-state index is -0.804. The Morgan fingerprint density at radius 1 is 1.14 bits per heavy atom. The van der Waals surface area contributed by atoms with E-state index in [9.17, 15) is 14.4 Å². The van der Waals surface area contributed by atoms with Gasteiger partial charge in [0.05, 0.1) is 5.52 Å². The molecular formula is C29H28BrN9O3. The molecule has 0 bridgehead atoms. The second-order valence-electron chi connectivity index (χ2n) is 10.9. The number of primary amides is 1. The highest BCUT2D eigenvalue weighted by Crippen LogP contribution is 2.50. The Labute approximate surface area is 249 Å². The van der Waals surface area contributed by atoms with Crippen molar-refractivity contribution in [1.82, 2.24) is 24.7 Å². The quantitative estimate of drug-likeness (QED) is 0.230. The summed E-state index contributed by atoms with van der Waals surface area (Å²) in [5, 5.41) is 7.47. The molecule has 2 atom stereocenters. The van der Waals surface area contributed by atoms with Crippen molar-refractivity contribution in [2.24, 2.45) is 11.7 Å². The molecule has 0 radical (unpaired) electrons. The lowest BCUT2D eigenvalue weighted by molar-refractivity contribution is -0.107. The van der Waals surface area contributed by atoms with Crippen molar-refractivity contribution in [3.05, 3.63) is 52.5 Å². The maximum Gasteiger partial charge on any atom is 0.348 e. The molecule has 1 saturated carbocycles. The van der Waals surface area contributed by atoms with Crippen LogP contribution in [0.4, 0.5) is 22.2 Å². The third-order valence-corrected chi connectivity index (χ3v) is 8.81. The van der Waals surface area contributed by atoms with E-state index in [1.807, 2.05) is 6.07 Å². The third-order valence-electron chi connectivity index (χ3n) is 8.37. The number of nitrogens with one attached hydrogen (secondary N) is 1. The van der Waals surface area contributed by atoms with Crippen molar-refractivity contribution in [1.29, 1.82) is 0 Å². The summed E-state index contributed by atoms with van der Waals surface area (Å²) in [5.74, 6) is 0.790. The summed E-state index contributed by atoms with van der Waals surface area (Å²) in [6.07, 6.45) is 8.70. The molecule has 2 aliphatic heterocycles. The smallest absolute Gasteiger partial charge is 0.348 e. The summed E-state index contributed by atoms with van der Waals surface area (Å²) in [5.41, 5.74) is 8.99. The van der Waals surface area contributed by atoms with E-state index >= 15 is 0 Å². The molecule has 5 heterocycles. The molecule has 3 aliphatic rings. The SMILES string of the molecule is NC(=O)c1nn(C(=O)Nc2cccc(Br)n2)c2cc(N3CCC4CC43)c(-c3cnc(N4CCCC4)nc3)c(CC=O)c12. The van der Waals surface area contributed by atoms with Gasteiger partial charge < -0.3 is 20.3 Å². The summed E-state index contributed by atoms with van der Waals surface area (Å²) in [6.45, 7) is 2.68. The van der Waals surface area contributed by atoms with Crippen LogP contribution in [0.1, 0.15) is 41.7 Å². The van der Waals surface area contributed by atoms with E-state index in [2.05, 4.69) is 51.1 Å². The second kappa shape index (κ2) is 10.5. The van der Waals surface area contributed by atoms with Crippen LogP contribution in [0, 0.1) is 5.92 Å². The van der Waals surface area contributed by atoms with Gasteiger partial charge >= 0.3 is 6.03 Å². The van der Waals surface area contributed by atoms with Gasteiger partial charge in [0.1, 0.15) is 16.7 Å². The molecule has 3 aromatic heterocycles. The number of carbonyl (C=O) groups excluding carboxylic acids is 3. The van der Waals surface area contributed by atoms with E-state index in [1.165, 1.54) is 0 Å². The zero-order valence-corrected chi connectivity index (χ0v) is 24.2. The first-order valence-electron chi connectivity index (χ1n) is 14.0. The van der Waals surface area contributed by atoms with Crippen molar-refractivity contribution >= 4 is 62.5 Å². The minimum Gasteiger partial charge on any atom is -0.368 e. The predicted octanol–water partition coefficient (Wildman–Crippen LogP) is 3.77. The van der Waals surface area contributed by atoms with Crippen LogP contribution < -0.4 is 20.9 Å². The first-order valence-corrected chi connectivity index (χ1v) is 14.8. The summed E-state index contributed by atoms with van der Waals surface area (Å²) in [7, 11) is 0. The normalized spacial score (nSPS) is 19.3. The van der Waals surface area contributed by atoms with Crippen molar-refractivity contribution < 1.29 is 14.4 Å². The maximum atomic E-state index is 13.5. The largest absolute Gasteiger partial charge is 0.368 e. The number of anilines is 3. The van der Waals surface area contributed by atoms with Gasteiger partial charge in [0.2, 0.25) is 5.95 Å². The number of rotatable bonds is 7. The first-order chi connectivity index (χ1) is 20.4. The summed E-state index contributed by atoms with van der Waals surface area (Å²) >= 11 is 3.31. The average Bonchev–Trinajstić information content (AvgIpc) is 3.34. The number of nitrogens with two attached hydrogens (primary N) is 1. The third kappa shape index (κ3) is 4.57. The molecule has 1 aromatic carbocycles. The fourth-order valence-electron chi connectivity index (χ4n) is 6.37. The fraction of sp³-hybridized carbons (Fsp3) is 0.345. The molecule has 2 unspecified atom stereocenters. The molecule has 3 fully saturated rings. The highest BCUT2D eigenvalue weighted by atomic mass is 79.9.